The third-order valence-electron chi connectivity index (χ3n) is 4.12. The monoisotopic (exact) mass is 248 g/mol. The molecular weight excluding hydrogens is 224 g/mol. The van der Waals surface area contributed by atoms with Crippen LogP contribution in [0.3, 0.4) is 0 Å². The number of aliphatic hydroxyl groups excluding tert-OH is 1. The molecule has 1 N–H and O–H groups in total. The molecule has 0 aromatic carbocycles. The number of aromatic nitrogens is 1. The van der Waals surface area contributed by atoms with Crippen molar-refractivity contribution >= 4 is 0 Å². The highest BCUT2D eigenvalue weighted by atomic mass is 16.3. The minimum absolute atomic E-state index is 0.287. The number of hydrogen-bond donors (Lipinski definition) is 1. The van der Waals surface area contributed by atoms with Crippen LogP contribution in [0.4, 0.5) is 0 Å². The molecule has 1 aromatic rings. The molecule has 1 atom stereocenters. The molecule has 1 aromatic heterocycles. The summed E-state index contributed by atoms with van der Waals surface area (Å²) in [6.07, 6.45) is 3.98. The first-order valence-corrected chi connectivity index (χ1v) is 6.85. The van der Waals surface area contributed by atoms with Crippen LogP contribution in [0.15, 0.2) is 24.4 Å². The van der Waals surface area contributed by atoms with Crippen molar-refractivity contribution in [3.8, 4) is 0 Å². The Morgan fingerprint density at radius 1 is 1.44 bits per heavy atom. The standard InChI is InChI=1S/C15H24N2O/c1-15(2)12-17(9-6-13(15)7-10-18)11-14-5-3-4-8-16-14/h3-5,8,13,18H,6-7,9-12H2,1-2H3. The Bertz CT molecular complexity index is 364. The second-order valence-electron chi connectivity index (χ2n) is 6.02. The van der Waals surface area contributed by atoms with Crippen molar-refractivity contribution in [2.75, 3.05) is 19.7 Å². The summed E-state index contributed by atoms with van der Waals surface area (Å²) in [4.78, 5) is 6.88. The quantitative estimate of drug-likeness (QED) is 0.888. The maximum atomic E-state index is 9.13. The van der Waals surface area contributed by atoms with E-state index in [0.717, 1.165) is 31.7 Å². The van der Waals surface area contributed by atoms with E-state index in [0.29, 0.717) is 12.5 Å². The lowest BCUT2D eigenvalue weighted by molar-refractivity contribution is 0.0358. The molecule has 100 valence electrons. The zero-order valence-electron chi connectivity index (χ0n) is 11.5. The predicted octanol–water partition coefficient (Wildman–Crippen LogP) is 2.31. The fraction of sp³-hybridized carbons (Fsp3) is 0.667. The van der Waals surface area contributed by atoms with Crippen molar-refractivity contribution < 1.29 is 5.11 Å². The van der Waals surface area contributed by atoms with Crippen LogP contribution in [0, 0.1) is 11.3 Å². The van der Waals surface area contributed by atoms with Gasteiger partial charge in [-0.3, -0.25) is 9.88 Å². The molecule has 0 aliphatic carbocycles. The van der Waals surface area contributed by atoms with Gasteiger partial charge >= 0.3 is 0 Å². The molecule has 1 unspecified atom stereocenters. The highest BCUT2D eigenvalue weighted by Crippen LogP contribution is 2.37. The van der Waals surface area contributed by atoms with Crippen molar-refractivity contribution in [1.82, 2.24) is 9.88 Å². The summed E-state index contributed by atoms with van der Waals surface area (Å²) in [5.41, 5.74) is 1.43. The molecule has 0 bridgehead atoms. The average molecular weight is 248 g/mol. The van der Waals surface area contributed by atoms with Crippen LogP contribution in [0.5, 0.6) is 0 Å². The summed E-state index contributed by atoms with van der Waals surface area (Å²) >= 11 is 0. The zero-order chi connectivity index (χ0) is 13.0. The number of hydrogen-bond acceptors (Lipinski definition) is 3. The van der Waals surface area contributed by atoms with Crippen molar-refractivity contribution in [2.45, 2.75) is 33.2 Å². The molecule has 0 spiro atoms. The number of rotatable bonds is 4. The smallest absolute Gasteiger partial charge is 0.0543 e. The van der Waals surface area contributed by atoms with E-state index in [1.54, 1.807) is 0 Å². The topological polar surface area (TPSA) is 36.4 Å². The highest BCUT2D eigenvalue weighted by Gasteiger charge is 2.35. The van der Waals surface area contributed by atoms with Crippen LogP contribution in [-0.4, -0.2) is 34.7 Å². The predicted molar refractivity (Wildman–Crippen MR) is 73.1 cm³/mol. The Balaban J connectivity index is 1.94. The third-order valence-corrected chi connectivity index (χ3v) is 4.12. The molecule has 1 saturated heterocycles. The Morgan fingerprint density at radius 2 is 2.28 bits per heavy atom. The van der Waals surface area contributed by atoms with E-state index >= 15 is 0 Å². The Hall–Kier alpha value is -0.930. The lowest BCUT2D eigenvalue weighted by atomic mass is 9.72. The maximum Gasteiger partial charge on any atom is 0.0543 e. The van der Waals surface area contributed by atoms with E-state index in [2.05, 4.69) is 29.8 Å². The summed E-state index contributed by atoms with van der Waals surface area (Å²) in [7, 11) is 0. The van der Waals surface area contributed by atoms with E-state index in [1.807, 2.05) is 18.3 Å². The molecule has 0 amide bonds. The van der Waals surface area contributed by atoms with Crippen molar-refractivity contribution in [2.24, 2.45) is 11.3 Å². The minimum Gasteiger partial charge on any atom is -0.396 e. The van der Waals surface area contributed by atoms with Gasteiger partial charge in [-0.1, -0.05) is 19.9 Å². The van der Waals surface area contributed by atoms with Crippen LogP contribution < -0.4 is 0 Å². The molecule has 0 radical (unpaired) electrons. The lowest BCUT2D eigenvalue weighted by Crippen LogP contribution is -2.45. The minimum atomic E-state index is 0.287. The van der Waals surface area contributed by atoms with Crippen molar-refractivity contribution in [3.05, 3.63) is 30.1 Å². The second kappa shape index (κ2) is 5.81. The largest absolute Gasteiger partial charge is 0.396 e. The van der Waals surface area contributed by atoms with Crippen LogP contribution >= 0.6 is 0 Å². The number of aliphatic hydroxyl groups is 1. The summed E-state index contributed by atoms with van der Waals surface area (Å²) in [5, 5.41) is 9.13. The van der Waals surface area contributed by atoms with Gasteiger partial charge in [0, 0.05) is 25.9 Å². The molecule has 1 aliphatic heterocycles. The van der Waals surface area contributed by atoms with Crippen LogP contribution in [0.2, 0.25) is 0 Å². The molecule has 0 saturated carbocycles. The average Bonchev–Trinajstić information content (AvgIpc) is 2.33. The first-order valence-electron chi connectivity index (χ1n) is 6.85. The number of nitrogens with zero attached hydrogens (tertiary/aromatic N) is 2. The van der Waals surface area contributed by atoms with Crippen LogP contribution in [0.25, 0.3) is 0 Å². The molecular formula is C15H24N2O. The normalized spacial score (nSPS) is 24.1. The van der Waals surface area contributed by atoms with Gasteiger partial charge in [0.1, 0.15) is 0 Å². The Kier molecular flexibility index (Phi) is 4.36. The first kappa shape index (κ1) is 13.5. The summed E-state index contributed by atoms with van der Waals surface area (Å²) in [5.74, 6) is 0.641. The molecule has 3 heteroatoms. The lowest BCUT2D eigenvalue weighted by Gasteiger charge is -2.44. The Labute approximate surface area is 110 Å². The molecule has 1 fully saturated rings. The number of likely N-dealkylation sites (tertiary alicyclic amines) is 1. The van der Waals surface area contributed by atoms with Crippen LogP contribution in [0.1, 0.15) is 32.4 Å². The van der Waals surface area contributed by atoms with Gasteiger partial charge in [0.15, 0.2) is 0 Å². The SMILES string of the molecule is CC1(C)CN(Cc2ccccn2)CCC1CCO. The van der Waals surface area contributed by atoms with Crippen molar-refractivity contribution in [3.63, 3.8) is 0 Å². The molecule has 2 heterocycles. The summed E-state index contributed by atoms with van der Waals surface area (Å²) in [6, 6.07) is 6.10. The van der Waals surface area contributed by atoms with Gasteiger partial charge in [-0.05, 0) is 42.9 Å². The van der Waals surface area contributed by atoms with E-state index in [4.69, 9.17) is 5.11 Å². The van der Waals surface area contributed by atoms with Crippen LogP contribution in [-0.2, 0) is 6.54 Å². The highest BCUT2D eigenvalue weighted by molar-refractivity contribution is 5.04. The van der Waals surface area contributed by atoms with Gasteiger partial charge in [0.25, 0.3) is 0 Å². The third kappa shape index (κ3) is 3.30. The van der Waals surface area contributed by atoms with Gasteiger partial charge < -0.3 is 5.11 Å². The summed E-state index contributed by atoms with van der Waals surface area (Å²) in [6.45, 7) is 8.10. The molecule has 3 nitrogen and oxygen atoms in total. The molecule has 18 heavy (non-hydrogen) atoms. The molecule has 2 rings (SSSR count). The number of pyridine rings is 1. The van der Waals surface area contributed by atoms with Gasteiger partial charge in [0.05, 0.1) is 5.69 Å². The van der Waals surface area contributed by atoms with Gasteiger partial charge in [-0.15, -0.1) is 0 Å². The Morgan fingerprint density at radius 3 is 2.89 bits per heavy atom. The van der Waals surface area contributed by atoms with Gasteiger partial charge in [-0.2, -0.15) is 0 Å². The van der Waals surface area contributed by atoms with E-state index in [9.17, 15) is 0 Å². The van der Waals surface area contributed by atoms with E-state index in [1.165, 1.54) is 6.42 Å². The molecule has 1 aliphatic rings. The number of piperidine rings is 1. The van der Waals surface area contributed by atoms with Gasteiger partial charge in [0.2, 0.25) is 0 Å². The van der Waals surface area contributed by atoms with Crippen molar-refractivity contribution in [1.29, 1.82) is 0 Å². The zero-order valence-corrected chi connectivity index (χ0v) is 11.5. The fourth-order valence-corrected chi connectivity index (χ4v) is 3.06. The van der Waals surface area contributed by atoms with E-state index in [-0.39, 0.29) is 5.41 Å². The second-order valence-corrected chi connectivity index (χ2v) is 6.02. The first-order chi connectivity index (χ1) is 8.62. The van der Waals surface area contributed by atoms with E-state index < -0.39 is 0 Å². The summed E-state index contributed by atoms with van der Waals surface area (Å²) < 4.78 is 0. The fourth-order valence-electron chi connectivity index (χ4n) is 3.06. The maximum absolute atomic E-state index is 9.13. The van der Waals surface area contributed by atoms with Gasteiger partial charge in [-0.25, -0.2) is 0 Å².